The summed E-state index contributed by atoms with van der Waals surface area (Å²) in [5.74, 6) is -1.63. The Morgan fingerprint density at radius 3 is 2.73 bits per heavy atom. The lowest BCUT2D eigenvalue weighted by Gasteiger charge is -2.12. The molecule has 0 fully saturated rings. The van der Waals surface area contributed by atoms with Crippen LogP contribution in [0.2, 0.25) is 0 Å². The standard InChI is InChI=1S/C8H10FN3O3/c1-15-4-6(7(13)14)12-8-10-2-5(9)3-11-8/h2-3,6H,4H2,1H3,(H,13,14)(H,10,11,12). The van der Waals surface area contributed by atoms with Crippen LogP contribution in [0.3, 0.4) is 0 Å². The molecule has 1 aromatic rings. The number of methoxy groups -OCH3 is 1. The lowest BCUT2D eigenvalue weighted by Crippen LogP contribution is -2.34. The zero-order chi connectivity index (χ0) is 11.3. The van der Waals surface area contributed by atoms with Crippen LogP contribution < -0.4 is 5.32 Å². The number of hydrogen-bond acceptors (Lipinski definition) is 5. The average Bonchev–Trinajstić information content (AvgIpc) is 2.20. The molecule has 7 heteroatoms. The molecule has 0 saturated heterocycles. The lowest BCUT2D eigenvalue weighted by molar-refractivity contribution is -0.139. The zero-order valence-corrected chi connectivity index (χ0v) is 7.98. The van der Waals surface area contributed by atoms with Gasteiger partial charge in [-0.05, 0) is 0 Å². The number of aromatic nitrogens is 2. The van der Waals surface area contributed by atoms with Gasteiger partial charge in [-0.2, -0.15) is 0 Å². The molecule has 1 aromatic heterocycles. The number of carboxylic acids is 1. The summed E-state index contributed by atoms with van der Waals surface area (Å²) in [5, 5.41) is 11.2. The van der Waals surface area contributed by atoms with Crippen molar-refractivity contribution in [2.75, 3.05) is 19.0 Å². The molecular weight excluding hydrogens is 205 g/mol. The van der Waals surface area contributed by atoms with Crippen LogP contribution in [0.4, 0.5) is 10.3 Å². The molecule has 0 bridgehead atoms. The first-order valence-electron chi connectivity index (χ1n) is 4.09. The van der Waals surface area contributed by atoms with Gasteiger partial charge in [0.2, 0.25) is 5.95 Å². The van der Waals surface area contributed by atoms with E-state index < -0.39 is 17.8 Å². The van der Waals surface area contributed by atoms with Crippen LogP contribution in [0.25, 0.3) is 0 Å². The van der Waals surface area contributed by atoms with E-state index in [1.807, 2.05) is 0 Å². The minimum atomic E-state index is -1.09. The van der Waals surface area contributed by atoms with Gasteiger partial charge in [0.1, 0.15) is 0 Å². The molecule has 0 saturated carbocycles. The SMILES string of the molecule is COCC(Nc1ncc(F)cn1)C(=O)O. The van der Waals surface area contributed by atoms with E-state index in [0.717, 1.165) is 12.4 Å². The third kappa shape index (κ3) is 3.47. The number of carboxylic acid groups (broad SMARTS) is 1. The van der Waals surface area contributed by atoms with Crippen molar-refractivity contribution in [2.24, 2.45) is 0 Å². The number of halogens is 1. The second-order valence-electron chi connectivity index (χ2n) is 2.72. The topological polar surface area (TPSA) is 84.3 Å². The van der Waals surface area contributed by atoms with Gasteiger partial charge in [0.05, 0.1) is 19.0 Å². The van der Waals surface area contributed by atoms with Crippen LogP contribution in [0.15, 0.2) is 12.4 Å². The van der Waals surface area contributed by atoms with Gasteiger partial charge < -0.3 is 15.2 Å². The fraction of sp³-hybridized carbons (Fsp3) is 0.375. The maximum Gasteiger partial charge on any atom is 0.328 e. The fourth-order valence-electron chi connectivity index (χ4n) is 0.884. The molecular formula is C8H10FN3O3. The molecule has 1 rings (SSSR count). The van der Waals surface area contributed by atoms with Crippen LogP contribution in [-0.4, -0.2) is 40.8 Å². The van der Waals surface area contributed by atoms with E-state index in [0.29, 0.717) is 0 Å². The van der Waals surface area contributed by atoms with Crippen molar-refractivity contribution in [3.8, 4) is 0 Å². The molecule has 0 aliphatic carbocycles. The van der Waals surface area contributed by atoms with Gasteiger partial charge in [0, 0.05) is 7.11 Å². The molecule has 15 heavy (non-hydrogen) atoms. The van der Waals surface area contributed by atoms with Crippen molar-refractivity contribution >= 4 is 11.9 Å². The first-order valence-corrected chi connectivity index (χ1v) is 4.09. The molecule has 2 N–H and O–H groups in total. The molecule has 6 nitrogen and oxygen atoms in total. The van der Waals surface area contributed by atoms with Crippen molar-refractivity contribution in [3.63, 3.8) is 0 Å². The first kappa shape index (κ1) is 11.3. The van der Waals surface area contributed by atoms with Crippen LogP contribution in [0, 0.1) is 5.82 Å². The Bertz CT molecular complexity index is 330. The molecule has 1 unspecified atom stereocenters. The van der Waals surface area contributed by atoms with Crippen LogP contribution in [0.1, 0.15) is 0 Å². The molecule has 1 heterocycles. The van der Waals surface area contributed by atoms with E-state index in [-0.39, 0.29) is 12.6 Å². The summed E-state index contributed by atoms with van der Waals surface area (Å²) in [6.07, 6.45) is 1.89. The van der Waals surface area contributed by atoms with Crippen LogP contribution in [-0.2, 0) is 9.53 Å². The van der Waals surface area contributed by atoms with Crippen molar-refractivity contribution in [3.05, 3.63) is 18.2 Å². The summed E-state index contributed by atoms with van der Waals surface area (Å²) in [7, 11) is 1.38. The Balaban J connectivity index is 2.65. The fourth-order valence-corrected chi connectivity index (χ4v) is 0.884. The summed E-state index contributed by atoms with van der Waals surface area (Å²) in [5.41, 5.74) is 0. The second kappa shape index (κ2) is 5.20. The van der Waals surface area contributed by atoms with Gasteiger partial charge in [0.15, 0.2) is 11.9 Å². The summed E-state index contributed by atoms with van der Waals surface area (Å²) in [6.45, 7) is -0.0317. The number of rotatable bonds is 5. The quantitative estimate of drug-likeness (QED) is 0.726. The monoisotopic (exact) mass is 215 g/mol. The number of ether oxygens (including phenoxy) is 1. The number of nitrogens with zero attached hydrogens (tertiary/aromatic N) is 2. The maximum absolute atomic E-state index is 12.4. The highest BCUT2D eigenvalue weighted by Gasteiger charge is 2.17. The second-order valence-corrected chi connectivity index (χ2v) is 2.72. The smallest absolute Gasteiger partial charge is 0.328 e. The first-order chi connectivity index (χ1) is 7.13. The zero-order valence-electron chi connectivity index (χ0n) is 7.98. The molecule has 1 atom stereocenters. The molecule has 0 spiro atoms. The highest BCUT2D eigenvalue weighted by molar-refractivity contribution is 5.76. The van der Waals surface area contributed by atoms with Gasteiger partial charge >= 0.3 is 5.97 Å². The molecule has 0 radical (unpaired) electrons. The van der Waals surface area contributed by atoms with E-state index >= 15 is 0 Å². The van der Waals surface area contributed by atoms with Crippen molar-refractivity contribution in [1.29, 1.82) is 0 Å². The van der Waals surface area contributed by atoms with E-state index in [1.165, 1.54) is 7.11 Å². The summed E-state index contributed by atoms with van der Waals surface area (Å²) in [4.78, 5) is 17.8. The number of aliphatic carboxylic acids is 1. The number of nitrogens with one attached hydrogen (secondary N) is 1. The van der Waals surface area contributed by atoms with Gasteiger partial charge in [0.25, 0.3) is 0 Å². The van der Waals surface area contributed by atoms with Gasteiger partial charge in [-0.1, -0.05) is 0 Å². The van der Waals surface area contributed by atoms with Gasteiger partial charge in [-0.15, -0.1) is 0 Å². The summed E-state index contributed by atoms with van der Waals surface area (Å²) >= 11 is 0. The van der Waals surface area contributed by atoms with E-state index in [9.17, 15) is 9.18 Å². The highest BCUT2D eigenvalue weighted by atomic mass is 19.1. The van der Waals surface area contributed by atoms with Crippen molar-refractivity contribution < 1.29 is 19.0 Å². The maximum atomic E-state index is 12.4. The predicted octanol–water partition coefficient (Wildman–Crippen LogP) is 0.127. The molecule has 0 aromatic carbocycles. The molecule has 0 amide bonds. The third-order valence-corrected chi connectivity index (χ3v) is 1.56. The number of hydrogen-bond donors (Lipinski definition) is 2. The Labute approximate surface area is 85.1 Å². The average molecular weight is 215 g/mol. The summed E-state index contributed by atoms with van der Waals surface area (Å²) < 4.78 is 17.1. The molecule has 0 aliphatic heterocycles. The Hall–Kier alpha value is -1.76. The minimum absolute atomic E-state index is 0.0317. The largest absolute Gasteiger partial charge is 0.480 e. The van der Waals surface area contributed by atoms with Crippen molar-refractivity contribution in [2.45, 2.75) is 6.04 Å². The molecule has 82 valence electrons. The van der Waals surface area contributed by atoms with E-state index in [4.69, 9.17) is 5.11 Å². The van der Waals surface area contributed by atoms with Gasteiger partial charge in [-0.3, -0.25) is 0 Å². The summed E-state index contributed by atoms with van der Waals surface area (Å²) in [6, 6.07) is -0.958. The highest BCUT2D eigenvalue weighted by Crippen LogP contribution is 2.01. The molecule has 0 aliphatic rings. The Morgan fingerprint density at radius 1 is 1.67 bits per heavy atom. The normalized spacial score (nSPS) is 12.1. The minimum Gasteiger partial charge on any atom is -0.480 e. The Morgan fingerprint density at radius 2 is 2.27 bits per heavy atom. The Kier molecular flexibility index (Phi) is 3.92. The predicted molar refractivity (Wildman–Crippen MR) is 48.9 cm³/mol. The van der Waals surface area contributed by atoms with Gasteiger partial charge in [-0.25, -0.2) is 19.2 Å². The van der Waals surface area contributed by atoms with Crippen LogP contribution >= 0.6 is 0 Å². The van der Waals surface area contributed by atoms with E-state index in [1.54, 1.807) is 0 Å². The number of anilines is 1. The van der Waals surface area contributed by atoms with E-state index in [2.05, 4.69) is 20.0 Å². The van der Waals surface area contributed by atoms with Crippen molar-refractivity contribution in [1.82, 2.24) is 9.97 Å². The third-order valence-electron chi connectivity index (χ3n) is 1.56. The lowest BCUT2D eigenvalue weighted by atomic mass is 10.3. The van der Waals surface area contributed by atoms with Crippen LogP contribution in [0.5, 0.6) is 0 Å². The number of carbonyl (C=O) groups is 1.